The number of carbonyl (C=O) groups excluding carboxylic acids is 3. The summed E-state index contributed by atoms with van der Waals surface area (Å²) >= 11 is 0. The zero-order valence-electron chi connectivity index (χ0n) is 19.0. The lowest BCUT2D eigenvalue weighted by Gasteiger charge is -2.26. The van der Waals surface area contributed by atoms with Gasteiger partial charge in [0.05, 0.1) is 18.5 Å². The van der Waals surface area contributed by atoms with Gasteiger partial charge in [-0.3, -0.25) is 24.2 Å². The summed E-state index contributed by atoms with van der Waals surface area (Å²) in [5, 5.41) is 26.2. The molecule has 0 aliphatic rings. The highest BCUT2D eigenvalue weighted by molar-refractivity contribution is 5.94. The molecule has 5 atom stereocenters. The first kappa shape index (κ1) is 28.3. The Morgan fingerprint density at radius 2 is 1.79 bits per heavy atom. The number of aliphatic carboxylic acids is 1. The minimum absolute atomic E-state index is 0.0561. The summed E-state index contributed by atoms with van der Waals surface area (Å²) < 4.78 is 0. The van der Waals surface area contributed by atoms with Crippen molar-refractivity contribution in [2.45, 2.75) is 63.4 Å². The van der Waals surface area contributed by atoms with Crippen LogP contribution < -0.4 is 33.2 Å². The zero-order valence-corrected chi connectivity index (χ0v) is 19.0. The number of nitrogens with one attached hydrogen (secondary N) is 4. The topological polar surface area (TPSA) is 264 Å². The number of aliphatic hydroxyl groups excluding tert-OH is 1. The maximum atomic E-state index is 12.8. The lowest BCUT2D eigenvalue weighted by Crippen LogP contribution is -2.59. The van der Waals surface area contributed by atoms with Crippen molar-refractivity contribution in [3.8, 4) is 0 Å². The number of amides is 3. The zero-order chi connectivity index (χ0) is 25.8. The molecule has 0 aromatic carbocycles. The van der Waals surface area contributed by atoms with Crippen molar-refractivity contribution in [1.29, 1.82) is 0 Å². The Hall–Kier alpha value is -3.72. The van der Waals surface area contributed by atoms with Gasteiger partial charge in [-0.05, 0) is 26.7 Å². The number of rotatable bonds is 14. The second-order valence-corrected chi connectivity index (χ2v) is 7.69. The Balaban J connectivity index is 2.87. The predicted octanol–water partition coefficient (Wildman–Crippen LogP) is -3.73. The summed E-state index contributed by atoms with van der Waals surface area (Å²) in [4.78, 5) is 59.3. The van der Waals surface area contributed by atoms with Gasteiger partial charge >= 0.3 is 5.97 Å². The second kappa shape index (κ2) is 13.7. The molecule has 0 aliphatic heterocycles. The largest absolute Gasteiger partial charge is 0.480 e. The fourth-order valence-electron chi connectivity index (χ4n) is 2.80. The quantitative estimate of drug-likeness (QED) is 0.0709. The van der Waals surface area contributed by atoms with Crippen LogP contribution in [0, 0.1) is 0 Å². The first-order chi connectivity index (χ1) is 15.9. The average Bonchev–Trinajstić information content (AvgIpc) is 3.25. The molecule has 0 fully saturated rings. The third-order valence-corrected chi connectivity index (χ3v) is 4.70. The van der Waals surface area contributed by atoms with E-state index >= 15 is 0 Å². The molecule has 15 nitrogen and oxygen atoms in total. The number of aliphatic hydroxyl groups is 1. The Labute approximate surface area is 195 Å². The van der Waals surface area contributed by atoms with E-state index in [0.717, 1.165) is 0 Å². The van der Waals surface area contributed by atoms with Gasteiger partial charge in [0.15, 0.2) is 5.96 Å². The number of imidazole rings is 1. The average molecular weight is 484 g/mol. The number of aromatic amines is 1. The van der Waals surface area contributed by atoms with Crippen molar-refractivity contribution in [2.75, 3.05) is 6.54 Å². The molecule has 34 heavy (non-hydrogen) atoms. The van der Waals surface area contributed by atoms with Crippen LogP contribution in [0.2, 0.25) is 0 Å². The molecule has 5 unspecified atom stereocenters. The lowest BCUT2D eigenvalue weighted by molar-refractivity contribution is -0.142. The van der Waals surface area contributed by atoms with Crippen molar-refractivity contribution in [1.82, 2.24) is 25.9 Å². The van der Waals surface area contributed by atoms with Crippen molar-refractivity contribution in [2.24, 2.45) is 22.2 Å². The molecule has 0 bridgehead atoms. The number of H-pyrrole nitrogens is 1. The number of carboxylic acids is 1. The van der Waals surface area contributed by atoms with E-state index < -0.39 is 54.0 Å². The van der Waals surface area contributed by atoms with Crippen LogP contribution in [0.5, 0.6) is 0 Å². The highest BCUT2D eigenvalue weighted by Gasteiger charge is 2.31. The number of nitrogens with two attached hydrogens (primary N) is 3. The number of carboxylic acid groups (broad SMARTS) is 1. The first-order valence-corrected chi connectivity index (χ1v) is 10.5. The monoisotopic (exact) mass is 483 g/mol. The minimum Gasteiger partial charge on any atom is -0.480 e. The molecule has 0 aliphatic carbocycles. The summed E-state index contributed by atoms with van der Waals surface area (Å²) in [6.07, 6.45) is 2.04. The normalized spacial score (nSPS) is 15.2. The van der Waals surface area contributed by atoms with Crippen molar-refractivity contribution < 1.29 is 29.4 Å². The summed E-state index contributed by atoms with van der Waals surface area (Å²) in [5.41, 5.74) is 17.0. The van der Waals surface area contributed by atoms with Gasteiger partial charge in [0, 0.05) is 24.9 Å². The van der Waals surface area contributed by atoms with Crippen LogP contribution in [-0.2, 0) is 25.6 Å². The van der Waals surface area contributed by atoms with Crippen LogP contribution in [0.15, 0.2) is 17.5 Å². The highest BCUT2D eigenvalue weighted by Crippen LogP contribution is 2.04. The molecule has 0 spiro atoms. The van der Waals surface area contributed by atoms with Crippen LogP contribution in [-0.4, -0.2) is 86.6 Å². The fraction of sp³-hybridized carbons (Fsp3) is 0.579. The third-order valence-electron chi connectivity index (χ3n) is 4.70. The maximum Gasteiger partial charge on any atom is 0.325 e. The van der Waals surface area contributed by atoms with E-state index in [1.807, 2.05) is 0 Å². The van der Waals surface area contributed by atoms with Gasteiger partial charge in [0.2, 0.25) is 17.7 Å². The fourth-order valence-corrected chi connectivity index (χ4v) is 2.80. The Morgan fingerprint density at radius 1 is 1.12 bits per heavy atom. The minimum atomic E-state index is -1.43. The molecule has 190 valence electrons. The van der Waals surface area contributed by atoms with E-state index in [9.17, 15) is 24.3 Å². The van der Waals surface area contributed by atoms with Gasteiger partial charge in [0.25, 0.3) is 0 Å². The van der Waals surface area contributed by atoms with Gasteiger partial charge in [-0.25, -0.2) is 4.98 Å². The third kappa shape index (κ3) is 9.83. The standard InChI is InChI=1S/C19H33N9O6/c1-9(18(33)34)26-16(31)13(4-3-5-24-19(21)22)27-17(32)14(10(2)29)28-15(30)12(20)6-11-7-23-8-25-11/h7-10,12-14,29H,3-6,20H2,1-2H3,(H,23,25)(H,26,31)(H,27,32)(H,28,30)(H,33,34)(H4,21,22,24). The van der Waals surface area contributed by atoms with Crippen LogP contribution >= 0.6 is 0 Å². The van der Waals surface area contributed by atoms with Crippen molar-refractivity contribution in [3.05, 3.63) is 18.2 Å². The first-order valence-electron chi connectivity index (χ1n) is 10.5. The number of hydrogen-bond donors (Lipinski definition) is 9. The number of guanidine groups is 1. The molecule has 1 aromatic heterocycles. The molecular weight excluding hydrogens is 450 g/mol. The van der Waals surface area contributed by atoms with Gasteiger partial charge in [-0.1, -0.05) is 0 Å². The van der Waals surface area contributed by atoms with Gasteiger partial charge in [0.1, 0.15) is 18.1 Å². The molecule has 0 saturated carbocycles. The molecule has 15 heteroatoms. The van der Waals surface area contributed by atoms with Crippen molar-refractivity contribution >= 4 is 29.7 Å². The SMILES string of the molecule is CC(NC(=O)C(CCCN=C(N)N)NC(=O)C(NC(=O)C(N)Cc1cnc[nH]1)C(C)O)C(=O)O. The van der Waals surface area contributed by atoms with E-state index in [1.54, 1.807) is 0 Å². The Morgan fingerprint density at radius 3 is 2.32 bits per heavy atom. The van der Waals surface area contributed by atoms with Crippen LogP contribution in [0.3, 0.4) is 0 Å². The molecule has 1 aromatic rings. The van der Waals surface area contributed by atoms with E-state index in [1.165, 1.54) is 26.4 Å². The molecule has 12 N–H and O–H groups in total. The molecule has 0 saturated heterocycles. The van der Waals surface area contributed by atoms with Crippen LogP contribution in [0.1, 0.15) is 32.4 Å². The number of aliphatic imine (C=N–C) groups is 1. The number of aromatic nitrogens is 2. The second-order valence-electron chi connectivity index (χ2n) is 7.69. The van der Waals surface area contributed by atoms with E-state index in [2.05, 4.69) is 30.9 Å². The molecule has 1 rings (SSSR count). The predicted molar refractivity (Wildman–Crippen MR) is 121 cm³/mol. The molecule has 0 radical (unpaired) electrons. The van der Waals surface area contributed by atoms with E-state index in [-0.39, 0.29) is 31.8 Å². The van der Waals surface area contributed by atoms with Crippen LogP contribution in [0.4, 0.5) is 0 Å². The number of hydrogen-bond acceptors (Lipinski definition) is 8. The highest BCUT2D eigenvalue weighted by atomic mass is 16.4. The Bertz CT molecular complexity index is 854. The number of carbonyl (C=O) groups is 4. The number of nitrogens with zero attached hydrogens (tertiary/aromatic N) is 2. The lowest BCUT2D eigenvalue weighted by atomic mass is 10.1. The summed E-state index contributed by atoms with van der Waals surface area (Å²) in [6, 6.07) is -4.85. The van der Waals surface area contributed by atoms with E-state index in [4.69, 9.17) is 22.3 Å². The van der Waals surface area contributed by atoms with Crippen LogP contribution in [0.25, 0.3) is 0 Å². The Kier molecular flexibility index (Phi) is 11.4. The van der Waals surface area contributed by atoms with Crippen molar-refractivity contribution in [3.63, 3.8) is 0 Å². The van der Waals surface area contributed by atoms with Gasteiger partial charge in [-0.15, -0.1) is 0 Å². The molecular formula is C19H33N9O6. The summed E-state index contributed by atoms with van der Waals surface area (Å²) in [6.45, 7) is 2.71. The van der Waals surface area contributed by atoms with Gasteiger partial charge < -0.3 is 48.3 Å². The molecule has 3 amide bonds. The smallest absolute Gasteiger partial charge is 0.325 e. The van der Waals surface area contributed by atoms with E-state index in [0.29, 0.717) is 5.69 Å². The summed E-state index contributed by atoms with van der Waals surface area (Å²) in [7, 11) is 0. The van der Waals surface area contributed by atoms with Gasteiger partial charge in [-0.2, -0.15) is 0 Å². The summed E-state index contributed by atoms with van der Waals surface area (Å²) in [5.74, 6) is -3.74. The maximum absolute atomic E-state index is 12.8. The molecule has 1 heterocycles.